The molecule has 0 radical (unpaired) electrons. The van der Waals surface area contributed by atoms with Crippen molar-refractivity contribution in [3.63, 3.8) is 0 Å². The quantitative estimate of drug-likeness (QED) is 0.903. The molecule has 0 amide bonds. The Balaban J connectivity index is 2.21. The Kier molecular flexibility index (Phi) is 4.61. The van der Waals surface area contributed by atoms with Crippen molar-refractivity contribution in [2.75, 3.05) is 0 Å². The van der Waals surface area contributed by atoms with E-state index in [4.69, 9.17) is 0 Å². The second-order valence-corrected chi connectivity index (χ2v) is 5.88. The molecular formula is C17H25N3. The van der Waals surface area contributed by atoms with Crippen molar-refractivity contribution in [1.29, 1.82) is 0 Å². The van der Waals surface area contributed by atoms with E-state index in [9.17, 15) is 0 Å². The van der Waals surface area contributed by atoms with Crippen LogP contribution in [-0.2, 0) is 13.1 Å². The molecule has 1 aromatic heterocycles. The Bertz CT molecular complexity index is 559. The van der Waals surface area contributed by atoms with Gasteiger partial charge in [-0.1, -0.05) is 31.5 Å². The van der Waals surface area contributed by atoms with Crippen LogP contribution in [0.25, 0.3) is 0 Å². The van der Waals surface area contributed by atoms with Crippen LogP contribution >= 0.6 is 0 Å². The van der Waals surface area contributed by atoms with E-state index in [0.717, 1.165) is 18.9 Å². The SMILES string of the molecule is Cc1cc(C)c(Cn2ccnc2CNC(C)C)c(C)c1. The highest BCUT2D eigenvalue weighted by molar-refractivity contribution is 5.37. The van der Waals surface area contributed by atoms with Gasteiger partial charge in [-0.25, -0.2) is 4.98 Å². The minimum absolute atomic E-state index is 0.475. The van der Waals surface area contributed by atoms with E-state index in [1.165, 1.54) is 22.3 Å². The largest absolute Gasteiger partial charge is 0.329 e. The molecule has 1 heterocycles. The average molecular weight is 271 g/mol. The lowest BCUT2D eigenvalue weighted by molar-refractivity contribution is 0.554. The Morgan fingerprint density at radius 3 is 2.40 bits per heavy atom. The van der Waals surface area contributed by atoms with E-state index in [2.05, 4.69) is 67.8 Å². The highest BCUT2D eigenvalue weighted by atomic mass is 15.1. The van der Waals surface area contributed by atoms with Crippen LogP contribution in [0.15, 0.2) is 24.5 Å². The molecule has 1 aromatic carbocycles. The van der Waals surface area contributed by atoms with Crippen molar-refractivity contribution in [3.8, 4) is 0 Å². The van der Waals surface area contributed by atoms with Gasteiger partial charge in [0.2, 0.25) is 0 Å². The zero-order valence-corrected chi connectivity index (χ0v) is 13.2. The van der Waals surface area contributed by atoms with Gasteiger partial charge in [0.15, 0.2) is 0 Å². The average Bonchev–Trinajstić information content (AvgIpc) is 2.78. The molecule has 3 nitrogen and oxygen atoms in total. The summed E-state index contributed by atoms with van der Waals surface area (Å²) in [6, 6.07) is 4.99. The molecule has 0 saturated carbocycles. The first-order valence-corrected chi connectivity index (χ1v) is 7.27. The maximum Gasteiger partial charge on any atom is 0.122 e. The summed E-state index contributed by atoms with van der Waals surface area (Å²) in [5, 5.41) is 3.43. The highest BCUT2D eigenvalue weighted by Crippen LogP contribution is 2.18. The number of nitrogens with one attached hydrogen (secondary N) is 1. The first-order valence-electron chi connectivity index (χ1n) is 7.27. The highest BCUT2D eigenvalue weighted by Gasteiger charge is 2.08. The number of rotatable bonds is 5. The molecule has 2 aromatic rings. The van der Waals surface area contributed by atoms with Gasteiger partial charge in [-0.2, -0.15) is 0 Å². The van der Waals surface area contributed by atoms with Gasteiger partial charge < -0.3 is 9.88 Å². The molecule has 0 aliphatic carbocycles. The van der Waals surface area contributed by atoms with E-state index in [1.54, 1.807) is 0 Å². The number of benzene rings is 1. The first-order chi connectivity index (χ1) is 9.47. The summed E-state index contributed by atoms with van der Waals surface area (Å²) in [7, 11) is 0. The fraction of sp³-hybridized carbons (Fsp3) is 0.471. The summed E-state index contributed by atoms with van der Waals surface area (Å²) in [6.07, 6.45) is 3.95. The Hall–Kier alpha value is -1.61. The number of hydrogen-bond acceptors (Lipinski definition) is 2. The van der Waals surface area contributed by atoms with Crippen LogP contribution in [0.1, 0.15) is 41.9 Å². The molecule has 3 heteroatoms. The molecule has 0 fully saturated rings. The minimum Gasteiger partial charge on any atom is -0.329 e. The molecule has 0 spiro atoms. The van der Waals surface area contributed by atoms with Crippen molar-refractivity contribution in [2.45, 2.75) is 53.8 Å². The van der Waals surface area contributed by atoms with Gasteiger partial charge in [-0.15, -0.1) is 0 Å². The number of aromatic nitrogens is 2. The molecule has 108 valence electrons. The van der Waals surface area contributed by atoms with Crippen molar-refractivity contribution in [3.05, 3.63) is 52.6 Å². The van der Waals surface area contributed by atoms with Crippen molar-refractivity contribution < 1.29 is 0 Å². The van der Waals surface area contributed by atoms with E-state index >= 15 is 0 Å². The van der Waals surface area contributed by atoms with Gasteiger partial charge in [0, 0.05) is 25.0 Å². The lowest BCUT2D eigenvalue weighted by Gasteiger charge is -2.15. The predicted octanol–water partition coefficient (Wildman–Crippen LogP) is 3.35. The second-order valence-electron chi connectivity index (χ2n) is 5.88. The summed E-state index contributed by atoms with van der Waals surface area (Å²) < 4.78 is 2.24. The van der Waals surface area contributed by atoms with Gasteiger partial charge in [0.05, 0.1) is 6.54 Å². The summed E-state index contributed by atoms with van der Waals surface area (Å²) in [5.74, 6) is 1.10. The number of aryl methyl sites for hydroxylation is 3. The third kappa shape index (κ3) is 3.48. The Labute approximate surface area is 122 Å². The zero-order valence-electron chi connectivity index (χ0n) is 13.2. The molecule has 1 N–H and O–H groups in total. The van der Waals surface area contributed by atoms with Crippen LogP contribution in [0.3, 0.4) is 0 Å². The van der Waals surface area contributed by atoms with Gasteiger partial charge in [-0.3, -0.25) is 0 Å². The van der Waals surface area contributed by atoms with Crippen LogP contribution < -0.4 is 5.32 Å². The van der Waals surface area contributed by atoms with Crippen LogP contribution in [0.4, 0.5) is 0 Å². The van der Waals surface area contributed by atoms with E-state index < -0.39 is 0 Å². The molecule has 2 rings (SSSR count). The fourth-order valence-corrected chi connectivity index (χ4v) is 2.58. The first kappa shape index (κ1) is 14.8. The van der Waals surface area contributed by atoms with Crippen molar-refractivity contribution >= 4 is 0 Å². The Morgan fingerprint density at radius 2 is 1.80 bits per heavy atom. The smallest absolute Gasteiger partial charge is 0.122 e. The monoisotopic (exact) mass is 271 g/mol. The number of hydrogen-bond donors (Lipinski definition) is 1. The van der Waals surface area contributed by atoms with Gasteiger partial charge >= 0.3 is 0 Å². The zero-order chi connectivity index (χ0) is 14.7. The normalized spacial score (nSPS) is 11.3. The topological polar surface area (TPSA) is 29.9 Å². The summed E-state index contributed by atoms with van der Waals surface area (Å²) in [4.78, 5) is 4.46. The second kappa shape index (κ2) is 6.23. The summed E-state index contributed by atoms with van der Waals surface area (Å²) in [5.41, 5.74) is 5.45. The summed E-state index contributed by atoms with van der Waals surface area (Å²) in [6.45, 7) is 12.6. The van der Waals surface area contributed by atoms with Gasteiger partial charge in [0.1, 0.15) is 5.82 Å². The Morgan fingerprint density at radius 1 is 1.15 bits per heavy atom. The van der Waals surface area contributed by atoms with Crippen LogP contribution in [0.2, 0.25) is 0 Å². The third-order valence-corrected chi connectivity index (χ3v) is 3.64. The minimum atomic E-state index is 0.475. The van der Waals surface area contributed by atoms with Crippen LogP contribution in [0.5, 0.6) is 0 Å². The third-order valence-electron chi connectivity index (χ3n) is 3.64. The van der Waals surface area contributed by atoms with E-state index in [0.29, 0.717) is 6.04 Å². The molecule has 0 unspecified atom stereocenters. The van der Waals surface area contributed by atoms with Crippen LogP contribution in [0, 0.1) is 20.8 Å². The van der Waals surface area contributed by atoms with Gasteiger partial charge in [-0.05, 0) is 37.5 Å². The van der Waals surface area contributed by atoms with Gasteiger partial charge in [0.25, 0.3) is 0 Å². The van der Waals surface area contributed by atoms with Crippen molar-refractivity contribution in [2.24, 2.45) is 0 Å². The standard InChI is InChI=1S/C17H25N3/c1-12(2)19-10-17-18-6-7-20(17)11-16-14(4)8-13(3)9-15(16)5/h6-9,12,19H,10-11H2,1-5H3. The molecule has 0 atom stereocenters. The fourth-order valence-electron chi connectivity index (χ4n) is 2.58. The van der Waals surface area contributed by atoms with Crippen molar-refractivity contribution in [1.82, 2.24) is 14.9 Å². The lowest BCUT2D eigenvalue weighted by Crippen LogP contribution is -2.24. The molecular weight excluding hydrogens is 246 g/mol. The number of nitrogens with zero attached hydrogens (tertiary/aromatic N) is 2. The van der Waals surface area contributed by atoms with E-state index in [1.807, 2.05) is 6.20 Å². The molecule has 0 aliphatic heterocycles. The maximum atomic E-state index is 4.46. The lowest BCUT2D eigenvalue weighted by atomic mass is 10.00. The molecule has 20 heavy (non-hydrogen) atoms. The molecule has 0 bridgehead atoms. The van der Waals surface area contributed by atoms with Crippen LogP contribution in [-0.4, -0.2) is 15.6 Å². The predicted molar refractivity (Wildman–Crippen MR) is 84.0 cm³/mol. The molecule has 0 saturated heterocycles. The molecule has 0 aliphatic rings. The maximum absolute atomic E-state index is 4.46. The summed E-state index contributed by atoms with van der Waals surface area (Å²) >= 11 is 0. The number of imidazole rings is 1. The van der Waals surface area contributed by atoms with E-state index in [-0.39, 0.29) is 0 Å².